The van der Waals surface area contributed by atoms with E-state index in [-0.39, 0.29) is 16.9 Å². The molecule has 3 aromatic rings. The minimum Gasteiger partial charge on any atom is -0.507 e. The number of hydrogen-bond donors (Lipinski definition) is 1. The topological polar surface area (TPSA) is 70.1 Å². The quantitative estimate of drug-likeness (QED) is 0.235. The molecule has 0 aliphatic carbocycles. The molecule has 1 unspecified atom stereocenters. The Labute approximate surface area is 216 Å². The van der Waals surface area contributed by atoms with Gasteiger partial charge in [0.15, 0.2) is 0 Å². The first kappa shape index (κ1) is 26.1. The third-order valence-electron chi connectivity index (χ3n) is 6.63. The van der Waals surface area contributed by atoms with Gasteiger partial charge >= 0.3 is 0 Å². The second-order valence-corrected chi connectivity index (χ2v) is 8.87. The highest BCUT2D eigenvalue weighted by atomic mass is 19.1. The molecule has 37 heavy (non-hydrogen) atoms. The molecular formula is C30H31FN2O4. The molecule has 0 aromatic heterocycles. The average molecular weight is 503 g/mol. The van der Waals surface area contributed by atoms with Crippen LogP contribution in [-0.4, -0.2) is 52.8 Å². The van der Waals surface area contributed by atoms with Gasteiger partial charge in [-0.15, -0.1) is 0 Å². The van der Waals surface area contributed by atoms with Crippen molar-refractivity contribution in [3.8, 4) is 5.75 Å². The molecule has 0 bridgehead atoms. The van der Waals surface area contributed by atoms with Crippen molar-refractivity contribution in [1.82, 2.24) is 9.80 Å². The largest absolute Gasteiger partial charge is 0.507 e. The van der Waals surface area contributed by atoms with Crippen LogP contribution in [0, 0.1) is 5.82 Å². The molecule has 1 aliphatic heterocycles. The van der Waals surface area contributed by atoms with Crippen molar-refractivity contribution in [3.05, 3.63) is 107 Å². The molecule has 0 radical (unpaired) electrons. The van der Waals surface area contributed by atoms with Crippen LogP contribution in [0.5, 0.6) is 5.75 Å². The van der Waals surface area contributed by atoms with Gasteiger partial charge in [0.05, 0.1) is 11.6 Å². The van der Waals surface area contributed by atoms with Crippen LogP contribution in [0.4, 0.5) is 4.39 Å². The lowest BCUT2D eigenvalue weighted by atomic mass is 9.95. The highest BCUT2D eigenvalue weighted by molar-refractivity contribution is 6.46. The van der Waals surface area contributed by atoms with Crippen LogP contribution >= 0.6 is 0 Å². The third-order valence-corrected chi connectivity index (χ3v) is 6.63. The smallest absolute Gasteiger partial charge is 0.295 e. The Hall–Kier alpha value is -3.97. The van der Waals surface area contributed by atoms with Gasteiger partial charge in [-0.25, -0.2) is 4.39 Å². The number of likely N-dealkylation sites (tertiary alicyclic amines) is 1. The Balaban J connectivity index is 1.72. The summed E-state index contributed by atoms with van der Waals surface area (Å²) in [5, 5.41) is 11.2. The van der Waals surface area contributed by atoms with E-state index in [0.29, 0.717) is 31.0 Å². The summed E-state index contributed by atoms with van der Waals surface area (Å²) in [7, 11) is 0. The fourth-order valence-corrected chi connectivity index (χ4v) is 4.52. The predicted octanol–water partition coefficient (Wildman–Crippen LogP) is 5.17. The van der Waals surface area contributed by atoms with E-state index in [1.54, 1.807) is 12.1 Å². The van der Waals surface area contributed by atoms with E-state index in [4.69, 9.17) is 4.74 Å². The number of halogens is 1. The van der Waals surface area contributed by atoms with Crippen molar-refractivity contribution in [1.29, 1.82) is 0 Å². The normalized spacial score (nSPS) is 17.0. The average Bonchev–Trinajstić information content (AvgIpc) is 3.18. The highest BCUT2D eigenvalue weighted by Crippen LogP contribution is 2.40. The molecule has 1 amide bonds. The summed E-state index contributed by atoms with van der Waals surface area (Å²) in [5.74, 6) is -1.64. The minimum absolute atomic E-state index is 0.0173. The summed E-state index contributed by atoms with van der Waals surface area (Å²) in [6.45, 7) is 6.95. The van der Waals surface area contributed by atoms with Crippen LogP contribution in [0.1, 0.15) is 36.6 Å². The first-order valence-corrected chi connectivity index (χ1v) is 12.5. The van der Waals surface area contributed by atoms with Crippen molar-refractivity contribution in [2.75, 3.05) is 26.2 Å². The van der Waals surface area contributed by atoms with E-state index >= 15 is 0 Å². The zero-order valence-corrected chi connectivity index (χ0v) is 21.1. The van der Waals surface area contributed by atoms with Gasteiger partial charge in [0.25, 0.3) is 11.7 Å². The van der Waals surface area contributed by atoms with E-state index in [1.165, 1.54) is 29.2 Å². The Kier molecular flexibility index (Phi) is 8.36. The van der Waals surface area contributed by atoms with E-state index in [0.717, 1.165) is 18.7 Å². The summed E-state index contributed by atoms with van der Waals surface area (Å²) in [6.07, 6.45) is 0. The van der Waals surface area contributed by atoms with Crippen molar-refractivity contribution in [3.63, 3.8) is 0 Å². The summed E-state index contributed by atoms with van der Waals surface area (Å²) < 4.78 is 19.5. The summed E-state index contributed by atoms with van der Waals surface area (Å²) in [5.41, 5.74) is 1.91. The molecule has 1 aliphatic rings. The SMILES string of the molecule is CCN(CC)CCN1C(=O)C(=O)/C(=C(/O)c2ccc(F)cc2)C1c1cccc(OCc2ccccc2)c1. The standard InChI is InChI=1S/C30H31FN2O4/c1-3-32(4-2)17-18-33-27(23-11-8-12-25(19-23)37-20-21-9-6-5-7-10-21)26(29(35)30(33)36)28(34)22-13-15-24(31)16-14-22/h5-16,19,27,34H,3-4,17-18,20H2,1-2H3/b28-26+. The first-order valence-electron chi connectivity index (χ1n) is 12.5. The van der Waals surface area contributed by atoms with Crippen molar-refractivity contribution in [2.24, 2.45) is 0 Å². The van der Waals surface area contributed by atoms with E-state index in [2.05, 4.69) is 4.90 Å². The van der Waals surface area contributed by atoms with Crippen LogP contribution < -0.4 is 4.74 Å². The molecular weight excluding hydrogens is 471 g/mol. The molecule has 1 atom stereocenters. The molecule has 0 spiro atoms. The molecule has 192 valence electrons. The molecule has 1 N–H and O–H groups in total. The molecule has 1 fully saturated rings. The Bertz CT molecular complexity index is 1270. The maximum absolute atomic E-state index is 13.5. The number of carbonyl (C=O) groups excluding carboxylic acids is 2. The van der Waals surface area contributed by atoms with Crippen molar-refractivity contribution >= 4 is 17.4 Å². The molecule has 1 saturated heterocycles. The molecule has 7 heteroatoms. The summed E-state index contributed by atoms with van der Waals surface area (Å²) in [4.78, 5) is 30.1. The number of rotatable bonds is 10. The number of amides is 1. The van der Waals surface area contributed by atoms with Gasteiger partial charge in [-0.05, 0) is 60.6 Å². The lowest BCUT2D eigenvalue weighted by Crippen LogP contribution is -2.38. The predicted molar refractivity (Wildman–Crippen MR) is 140 cm³/mol. The molecule has 0 saturated carbocycles. The van der Waals surface area contributed by atoms with Gasteiger partial charge in [-0.2, -0.15) is 0 Å². The van der Waals surface area contributed by atoms with Crippen LogP contribution in [-0.2, 0) is 16.2 Å². The van der Waals surface area contributed by atoms with Crippen molar-refractivity contribution in [2.45, 2.75) is 26.5 Å². The number of benzene rings is 3. The van der Waals surface area contributed by atoms with E-state index < -0.39 is 23.5 Å². The fourth-order valence-electron chi connectivity index (χ4n) is 4.52. The third kappa shape index (κ3) is 5.89. The minimum atomic E-state index is -0.805. The molecule has 3 aromatic carbocycles. The molecule has 1 heterocycles. The number of aliphatic hydroxyl groups is 1. The number of hydrogen-bond acceptors (Lipinski definition) is 5. The maximum Gasteiger partial charge on any atom is 0.295 e. The number of nitrogens with zero attached hydrogens (tertiary/aromatic N) is 2. The highest BCUT2D eigenvalue weighted by Gasteiger charge is 2.46. The number of carbonyl (C=O) groups is 2. The first-order chi connectivity index (χ1) is 17.9. The van der Waals surface area contributed by atoms with Gasteiger partial charge in [0, 0.05) is 18.7 Å². The fraction of sp³-hybridized carbons (Fsp3) is 0.267. The van der Waals surface area contributed by atoms with Gasteiger partial charge in [-0.3, -0.25) is 9.59 Å². The Morgan fingerprint density at radius 3 is 2.35 bits per heavy atom. The molecule has 4 rings (SSSR count). The van der Waals surface area contributed by atoms with Gasteiger partial charge < -0.3 is 19.6 Å². The zero-order chi connectivity index (χ0) is 26.4. The second kappa shape index (κ2) is 11.8. The number of Topliss-reactive ketones (excluding diaryl/α,β-unsaturated/α-hetero) is 1. The number of ether oxygens (including phenoxy) is 1. The zero-order valence-electron chi connectivity index (χ0n) is 21.1. The van der Waals surface area contributed by atoms with Gasteiger partial charge in [0.2, 0.25) is 0 Å². The van der Waals surface area contributed by atoms with Crippen LogP contribution in [0.15, 0.2) is 84.4 Å². The van der Waals surface area contributed by atoms with E-state index in [1.807, 2.05) is 56.3 Å². The number of aliphatic hydroxyl groups excluding tert-OH is 1. The Morgan fingerprint density at radius 1 is 0.973 bits per heavy atom. The number of likely N-dealkylation sites (N-methyl/N-ethyl adjacent to an activating group) is 1. The Morgan fingerprint density at radius 2 is 1.68 bits per heavy atom. The van der Waals surface area contributed by atoms with Crippen molar-refractivity contribution < 1.29 is 23.8 Å². The van der Waals surface area contributed by atoms with Crippen LogP contribution in [0.3, 0.4) is 0 Å². The van der Waals surface area contributed by atoms with E-state index in [9.17, 15) is 19.1 Å². The lowest BCUT2D eigenvalue weighted by Gasteiger charge is -2.28. The van der Waals surface area contributed by atoms with Gasteiger partial charge in [-0.1, -0.05) is 56.3 Å². The maximum atomic E-state index is 13.5. The lowest BCUT2D eigenvalue weighted by molar-refractivity contribution is -0.140. The van der Waals surface area contributed by atoms with Crippen LogP contribution in [0.2, 0.25) is 0 Å². The summed E-state index contributed by atoms with van der Waals surface area (Å²) in [6, 6.07) is 21.4. The monoisotopic (exact) mass is 502 g/mol. The second-order valence-electron chi connectivity index (χ2n) is 8.87. The molecule has 6 nitrogen and oxygen atoms in total. The summed E-state index contributed by atoms with van der Waals surface area (Å²) >= 11 is 0. The number of ketones is 1. The van der Waals surface area contributed by atoms with Crippen LogP contribution in [0.25, 0.3) is 5.76 Å². The van der Waals surface area contributed by atoms with Gasteiger partial charge in [0.1, 0.15) is 23.9 Å².